The molecular weight excluding hydrogens is 138 g/mol. The number of hydrogen-bond acceptors (Lipinski definition) is 2. The zero-order valence-electron chi connectivity index (χ0n) is 7.74. The van der Waals surface area contributed by atoms with Crippen molar-refractivity contribution in [2.75, 3.05) is 0 Å². The van der Waals surface area contributed by atoms with Gasteiger partial charge in [-0.05, 0) is 12.1 Å². The van der Waals surface area contributed by atoms with Crippen LogP contribution in [0.5, 0.6) is 0 Å². The average Bonchev–Trinajstić information content (AvgIpc) is 2.57. The number of rotatable bonds is 1. The maximum atomic E-state index is 7.57. The van der Waals surface area contributed by atoms with Crippen LogP contribution in [0.4, 0.5) is 0 Å². The van der Waals surface area contributed by atoms with Gasteiger partial charge in [0.25, 0.3) is 0 Å². The number of hydrogen-bond donors (Lipinski definition) is 0. The molecule has 0 spiro atoms. The van der Waals surface area contributed by atoms with Gasteiger partial charge in [0.15, 0.2) is 0 Å². The molecule has 0 atom stereocenters. The van der Waals surface area contributed by atoms with Crippen LogP contribution in [0, 0.1) is 0 Å². The van der Waals surface area contributed by atoms with Gasteiger partial charge in [-0.25, -0.2) is 4.98 Å². The van der Waals surface area contributed by atoms with Crippen molar-refractivity contribution < 1.29 is 7.16 Å². The first-order valence-corrected chi connectivity index (χ1v) is 3.25. The molecular formula is C9H7NO. The van der Waals surface area contributed by atoms with Crippen LogP contribution in [0.3, 0.4) is 0 Å². The second-order valence-electron chi connectivity index (χ2n) is 2.03. The minimum atomic E-state index is 0.259. The fourth-order valence-corrected chi connectivity index (χ4v) is 0.823. The van der Waals surface area contributed by atoms with E-state index in [1.54, 1.807) is 18.2 Å². The van der Waals surface area contributed by atoms with Crippen LogP contribution < -0.4 is 0 Å². The van der Waals surface area contributed by atoms with Crippen molar-refractivity contribution in [3.05, 3.63) is 42.7 Å². The van der Waals surface area contributed by atoms with E-state index in [4.69, 9.17) is 7.16 Å². The van der Waals surface area contributed by atoms with Gasteiger partial charge in [0.1, 0.15) is 6.26 Å². The van der Waals surface area contributed by atoms with E-state index in [-0.39, 0.29) is 12.1 Å². The molecule has 2 aromatic rings. The Hall–Kier alpha value is -1.57. The Morgan fingerprint density at radius 2 is 2.09 bits per heavy atom. The van der Waals surface area contributed by atoms with E-state index in [0.717, 1.165) is 0 Å². The molecule has 0 amide bonds. The third kappa shape index (κ3) is 1.15. The highest BCUT2D eigenvalue weighted by atomic mass is 16.3. The molecule has 0 N–H and O–H groups in total. The Labute approximate surface area is 67.3 Å². The van der Waals surface area contributed by atoms with Crippen molar-refractivity contribution >= 4 is 0 Å². The SMILES string of the molecule is [2H]c1cccc([2H])c1-c1ncco1. The average molecular weight is 147 g/mol. The van der Waals surface area contributed by atoms with Gasteiger partial charge in [0.2, 0.25) is 5.89 Å². The normalized spacial score (nSPS) is 12.4. The summed E-state index contributed by atoms with van der Waals surface area (Å²) in [6, 6.07) is 5.40. The van der Waals surface area contributed by atoms with E-state index in [1.165, 1.54) is 12.5 Å². The van der Waals surface area contributed by atoms with Crippen molar-refractivity contribution in [3.8, 4) is 11.5 Å². The van der Waals surface area contributed by atoms with Gasteiger partial charge in [-0.15, -0.1) is 0 Å². The van der Waals surface area contributed by atoms with Crippen LogP contribution >= 0.6 is 0 Å². The molecule has 54 valence electrons. The summed E-state index contributed by atoms with van der Waals surface area (Å²) in [7, 11) is 0. The molecule has 0 saturated heterocycles. The molecule has 1 aromatic heterocycles. The van der Waals surface area contributed by atoms with E-state index < -0.39 is 0 Å². The second kappa shape index (κ2) is 2.58. The molecule has 1 heterocycles. The van der Waals surface area contributed by atoms with Crippen LogP contribution in [0.15, 0.2) is 47.2 Å². The molecule has 0 aliphatic carbocycles. The first-order chi connectivity index (χ1) is 6.29. The molecule has 0 fully saturated rings. The maximum Gasteiger partial charge on any atom is 0.225 e. The lowest BCUT2D eigenvalue weighted by Gasteiger charge is -1.91. The molecule has 11 heavy (non-hydrogen) atoms. The predicted molar refractivity (Wildman–Crippen MR) is 41.9 cm³/mol. The van der Waals surface area contributed by atoms with Crippen molar-refractivity contribution in [2.24, 2.45) is 0 Å². The van der Waals surface area contributed by atoms with Crippen molar-refractivity contribution in [2.45, 2.75) is 0 Å². The van der Waals surface area contributed by atoms with Crippen LogP contribution in [0.1, 0.15) is 2.74 Å². The Morgan fingerprint density at radius 1 is 1.27 bits per heavy atom. The standard InChI is InChI=1S/C9H7NO/c1-2-4-8(5-3-1)9-10-6-7-11-9/h1-7H/i4D,5D. The molecule has 2 rings (SSSR count). The highest BCUT2D eigenvalue weighted by molar-refractivity contribution is 5.51. The molecule has 2 heteroatoms. The highest BCUT2D eigenvalue weighted by Gasteiger charge is 1.97. The van der Waals surface area contributed by atoms with Crippen LogP contribution in [-0.4, -0.2) is 4.98 Å². The van der Waals surface area contributed by atoms with Crippen molar-refractivity contribution in [1.82, 2.24) is 4.98 Å². The largest absolute Gasteiger partial charge is 0.445 e. The second-order valence-corrected chi connectivity index (χ2v) is 2.03. The molecule has 0 aliphatic heterocycles. The quantitative estimate of drug-likeness (QED) is 0.618. The lowest BCUT2D eigenvalue weighted by Crippen LogP contribution is -1.73. The molecule has 2 nitrogen and oxygen atoms in total. The first kappa shape index (κ1) is 4.34. The lowest BCUT2D eigenvalue weighted by molar-refractivity contribution is 0.574. The van der Waals surface area contributed by atoms with Gasteiger partial charge in [0, 0.05) is 5.56 Å². The zero-order chi connectivity index (χ0) is 9.26. The van der Waals surface area contributed by atoms with Gasteiger partial charge >= 0.3 is 0 Å². The summed E-state index contributed by atoms with van der Waals surface area (Å²) in [5, 5.41) is 0. The summed E-state index contributed by atoms with van der Waals surface area (Å²) in [4.78, 5) is 3.90. The van der Waals surface area contributed by atoms with Crippen LogP contribution in [0.2, 0.25) is 0 Å². The van der Waals surface area contributed by atoms with E-state index in [2.05, 4.69) is 4.98 Å². The highest BCUT2D eigenvalue weighted by Crippen LogP contribution is 2.14. The number of oxazole rings is 1. The predicted octanol–water partition coefficient (Wildman–Crippen LogP) is 2.34. The summed E-state index contributed by atoms with van der Waals surface area (Å²) in [5.41, 5.74) is 0.438. The Balaban J connectivity index is 2.64. The molecule has 0 bridgehead atoms. The zero-order valence-corrected chi connectivity index (χ0v) is 5.74. The fraction of sp³-hybridized carbons (Fsp3) is 0. The van der Waals surface area contributed by atoms with Gasteiger partial charge in [0.05, 0.1) is 8.94 Å². The maximum absolute atomic E-state index is 7.57. The summed E-state index contributed by atoms with van der Waals surface area (Å²) in [6.07, 6.45) is 2.93. The lowest BCUT2D eigenvalue weighted by atomic mass is 10.2. The van der Waals surface area contributed by atoms with Gasteiger partial charge in [-0.2, -0.15) is 0 Å². The van der Waals surface area contributed by atoms with E-state index in [1.807, 2.05) is 0 Å². The summed E-state index contributed by atoms with van der Waals surface area (Å²) in [5.74, 6) is 0.329. The van der Waals surface area contributed by atoms with Crippen molar-refractivity contribution in [1.29, 1.82) is 0 Å². The van der Waals surface area contributed by atoms with Gasteiger partial charge in [-0.1, -0.05) is 18.2 Å². The third-order valence-corrected chi connectivity index (χ3v) is 1.29. The monoisotopic (exact) mass is 147 g/mol. The van der Waals surface area contributed by atoms with Gasteiger partial charge in [-0.3, -0.25) is 0 Å². The Bertz CT molecular complexity index is 391. The molecule has 1 aromatic carbocycles. The minimum absolute atomic E-state index is 0.259. The minimum Gasteiger partial charge on any atom is -0.445 e. The third-order valence-electron chi connectivity index (χ3n) is 1.29. The van der Waals surface area contributed by atoms with E-state index >= 15 is 0 Å². The van der Waals surface area contributed by atoms with Crippen molar-refractivity contribution in [3.63, 3.8) is 0 Å². The number of nitrogens with zero attached hydrogens (tertiary/aromatic N) is 1. The summed E-state index contributed by atoms with van der Waals surface area (Å²) < 4.78 is 20.2. The topological polar surface area (TPSA) is 26.0 Å². The fourth-order valence-electron chi connectivity index (χ4n) is 0.823. The summed E-state index contributed by atoms with van der Waals surface area (Å²) >= 11 is 0. The van der Waals surface area contributed by atoms with Gasteiger partial charge < -0.3 is 4.42 Å². The van der Waals surface area contributed by atoms with E-state index in [0.29, 0.717) is 11.5 Å². The first-order valence-electron chi connectivity index (χ1n) is 4.25. The Morgan fingerprint density at radius 3 is 2.73 bits per heavy atom. The molecule has 0 saturated carbocycles. The molecule has 0 radical (unpaired) electrons. The van der Waals surface area contributed by atoms with E-state index in [9.17, 15) is 0 Å². The molecule has 0 unspecified atom stereocenters. The molecule has 0 aliphatic rings. The Kier molecular flexibility index (Phi) is 1.02. The number of benzene rings is 1. The summed E-state index contributed by atoms with van der Waals surface area (Å²) in [6.45, 7) is 0. The smallest absolute Gasteiger partial charge is 0.225 e. The van der Waals surface area contributed by atoms with Crippen LogP contribution in [0.25, 0.3) is 11.5 Å². The number of aromatic nitrogens is 1. The van der Waals surface area contributed by atoms with Crippen LogP contribution in [-0.2, 0) is 0 Å².